The average Bonchev–Trinajstić information content (AvgIpc) is 2.74. The number of nitrogens with one attached hydrogen (secondary N) is 2. The van der Waals surface area contributed by atoms with Crippen molar-refractivity contribution in [1.29, 1.82) is 0 Å². The molecule has 0 amide bonds. The Balaban J connectivity index is 1.96. The summed E-state index contributed by atoms with van der Waals surface area (Å²) >= 11 is 1.97. The van der Waals surface area contributed by atoms with Crippen LogP contribution in [0.25, 0.3) is 11.0 Å². The highest BCUT2D eigenvalue weighted by Gasteiger charge is 2.18. The van der Waals surface area contributed by atoms with E-state index in [-0.39, 0.29) is 0 Å². The third-order valence-electron chi connectivity index (χ3n) is 2.55. The number of hydrogen-bond donors (Lipinski definition) is 2. The summed E-state index contributed by atoms with van der Waals surface area (Å²) in [5.41, 5.74) is 2.02. The van der Waals surface area contributed by atoms with Crippen LogP contribution in [0.4, 0.5) is 0 Å². The van der Waals surface area contributed by atoms with E-state index in [9.17, 15) is 0 Å². The minimum atomic E-state index is 0.358. The maximum Gasteiger partial charge on any atom is 0.125 e. The molecule has 3 rings (SSSR count). The summed E-state index contributed by atoms with van der Waals surface area (Å²) in [6.07, 6.45) is 3.60. The van der Waals surface area contributed by atoms with E-state index in [2.05, 4.69) is 20.3 Å². The minimum Gasteiger partial charge on any atom is -0.339 e. The van der Waals surface area contributed by atoms with Crippen LogP contribution in [-0.2, 0) is 0 Å². The number of hydrogen-bond acceptors (Lipinski definition) is 4. The van der Waals surface area contributed by atoms with Crippen molar-refractivity contribution >= 4 is 22.8 Å². The van der Waals surface area contributed by atoms with Crippen molar-refractivity contribution < 1.29 is 0 Å². The van der Waals surface area contributed by atoms with E-state index in [0.29, 0.717) is 6.04 Å². The summed E-state index contributed by atoms with van der Waals surface area (Å²) < 4.78 is 0. The van der Waals surface area contributed by atoms with Crippen molar-refractivity contribution in [2.45, 2.75) is 6.04 Å². The quantitative estimate of drug-likeness (QED) is 0.761. The number of aromatic amines is 1. The van der Waals surface area contributed by atoms with Gasteiger partial charge in [-0.15, -0.1) is 0 Å². The van der Waals surface area contributed by atoms with E-state index < -0.39 is 0 Å². The van der Waals surface area contributed by atoms with Gasteiger partial charge < -0.3 is 10.3 Å². The molecule has 0 radical (unpaired) electrons. The second-order valence-corrected chi connectivity index (χ2v) is 4.75. The lowest BCUT2D eigenvalue weighted by Crippen LogP contribution is -2.30. The topological polar surface area (TPSA) is 53.6 Å². The first-order valence-electron chi connectivity index (χ1n) is 5.04. The number of fused-ring (bicyclic) bond motifs is 1. The van der Waals surface area contributed by atoms with Gasteiger partial charge in [0.25, 0.3) is 0 Å². The van der Waals surface area contributed by atoms with Crippen LogP contribution in [0.5, 0.6) is 0 Å². The Morgan fingerprint density at radius 2 is 2.47 bits per heavy atom. The molecule has 4 nitrogen and oxygen atoms in total. The molecule has 2 N–H and O–H groups in total. The van der Waals surface area contributed by atoms with Crippen molar-refractivity contribution in [3.63, 3.8) is 0 Å². The fraction of sp³-hybridized carbons (Fsp3) is 0.400. The Labute approximate surface area is 91.9 Å². The van der Waals surface area contributed by atoms with Crippen molar-refractivity contribution in [2.24, 2.45) is 0 Å². The molecule has 2 aromatic heterocycles. The van der Waals surface area contributed by atoms with Gasteiger partial charge in [0.15, 0.2) is 0 Å². The van der Waals surface area contributed by atoms with E-state index >= 15 is 0 Å². The Bertz CT molecular complexity index is 428. The normalized spacial score (nSPS) is 22.0. The smallest absolute Gasteiger partial charge is 0.125 e. The second-order valence-electron chi connectivity index (χ2n) is 3.60. The van der Waals surface area contributed by atoms with Crippen LogP contribution < -0.4 is 5.32 Å². The average molecular weight is 220 g/mol. The van der Waals surface area contributed by atoms with Gasteiger partial charge in [-0.25, -0.2) is 4.98 Å². The third-order valence-corrected chi connectivity index (χ3v) is 3.62. The van der Waals surface area contributed by atoms with Gasteiger partial charge in [0, 0.05) is 24.2 Å². The summed E-state index contributed by atoms with van der Waals surface area (Å²) in [6, 6.07) is 2.29. The Hall–Kier alpha value is -1.07. The molecular weight excluding hydrogens is 208 g/mol. The van der Waals surface area contributed by atoms with Crippen LogP contribution in [0, 0.1) is 0 Å². The molecule has 0 bridgehead atoms. The van der Waals surface area contributed by atoms with Crippen LogP contribution in [0.15, 0.2) is 18.5 Å². The van der Waals surface area contributed by atoms with E-state index in [1.807, 2.05) is 24.0 Å². The van der Waals surface area contributed by atoms with Crippen LogP contribution in [0.2, 0.25) is 0 Å². The van der Waals surface area contributed by atoms with Crippen LogP contribution >= 0.6 is 11.8 Å². The molecule has 1 fully saturated rings. The first-order valence-corrected chi connectivity index (χ1v) is 6.20. The molecule has 2 aromatic rings. The van der Waals surface area contributed by atoms with E-state index in [0.717, 1.165) is 29.2 Å². The summed E-state index contributed by atoms with van der Waals surface area (Å²) in [5.74, 6) is 3.32. The molecule has 78 valence electrons. The second kappa shape index (κ2) is 3.83. The van der Waals surface area contributed by atoms with Gasteiger partial charge in [-0.1, -0.05) is 0 Å². The highest BCUT2D eigenvalue weighted by molar-refractivity contribution is 7.99. The molecule has 5 heteroatoms. The lowest BCUT2D eigenvalue weighted by molar-refractivity contribution is 0.571. The van der Waals surface area contributed by atoms with Crippen LogP contribution in [0.1, 0.15) is 11.9 Å². The van der Waals surface area contributed by atoms with Crippen LogP contribution in [-0.4, -0.2) is 33.0 Å². The molecule has 1 aliphatic rings. The van der Waals surface area contributed by atoms with Gasteiger partial charge in [0.05, 0.1) is 23.3 Å². The molecule has 1 unspecified atom stereocenters. The Morgan fingerprint density at radius 1 is 1.47 bits per heavy atom. The number of H-pyrrole nitrogens is 1. The molecule has 3 heterocycles. The van der Waals surface area contributed by atoms with Gasteiger partial charge >= 0.3 is 0 Å². The molecule has 1 atom stereocenters. The van der Waals surface area contributed by atoms with Crippen molar-refractivity contribution in [2.75, 3.05) is 18.1 Å². The van der Waals surface area contributed by atoms with E-state index in [1.54, 1.807) is 6.20 Å². The number of rotatable bonds is 1. The molecule has 0 aliphatic carbocycles. The van der Waals surface area contributed by atoms with Gasteiger partial charge in [-0.3, -0.25) is 4.98 Å². The zero-order valence-corrected chi connectivity index (χ0v) is 9.05. The fourth-order valence-corrected chi connectivity index (χ4v) is 2.72. The summed E-state index contributed by atoms with van der Waals surface area (Å²) in [7, 11) is 0. The zero-order valence-electron chi connectivity index (χ0n) is 8.23. The maximum absolute atomic E-state index is 4.56. The molecule has 1 saturated heterocycles. The third kappa shape index (κ3) is 1.72. The van der Waals surface area contributed by atoms with Crippen molar-refractivity contribution in [1.82, 2.24) is 20.3 Å². The van der Waals surface area contributed by atoms with Gasteiger partial charge in [-0.05, 0) is 6.07 Å². The predicted molar refractivity (Wildman–Crippen MR) is 62.0 cm³/mol. The Morgan fingerprint density at radius 3 is 3.27 bits per heavy atom. The van der Waals surface area contributed by atoms with Crippen molar-refractivity contribution in [3.05, 3.63) is 24.3 Å². The lowest BCUT2D eigenvalue weighted by atomic mass is 10.3. The SMILES string of the molecule is c1cc2nc(C3CSCCN3)[nH]c2cn1. The summed E-state index contributed by atoms with van der Waals surface area (Å²) in [4.78, 5) is 12.0. The Kier molecular flexibility index (Phi) is 2.34. The largest absolute Gasteiger partial charge is 0.339 e. The molecular formula is C10H12N4S. The van der Waals surface area contributed by atoms with Gasteiger partial charge in [0.2, 0.25) is 0 Å². The molecule has 0 saturated carbocycles. The molecule has 15 heavy (non-hydrogen) atoms. The zero-order chi connectivity index (χ0) is 10.1. The standard InChI is InChI=1S/C10H12N4S/c1-2-11-5-8-7(1)13-10(14-8)9-6-15-4-3-12-9/h1-2,5,9,12H,3-4,6H2,(H,13,14). The van der Waals surface area contributed by atoms with Crippen LogP contribution in [0.3, 0.4) is 0 Å². The lowest BCUT2D eigenvalue weighted by Gasteiger charge is -2.20. The number of nitrogens with zero attached hydrogens (tertiary/aromatic N) is 2. The summed E-state index contributed by atoms with van der Waals surface area (Å²) in [6.45, 7) is 1.06. The fourth-order valence-electron chi connectivity index (χ4n) is 1.78. The molecule has 1 aliphatic heterocycles. The number of thioether (sulfide) groups is 1. The number of pyridine rings is 1. The van der Waals surface area contributed by atoms with Gasteiger partial charge in [0.1, 0.15) is 5.82 Å². The van der Waals surface area contributed by atoms with Crippen molar-refractivity contribution in [3.8, 4) is 0 Å². The number of aromatic nitrogens is 3. The highest BCUT2D eigenvalue weighted by atomic mass is 32.2. The first kappa shape index (κ1) is 9.18. The van der Waals surface area contributed by atoms with Gasteiger partial charge in [-0.2, -0.15) is 11.8 Å². The monoisotopic (exact) mass is 220 g/mol. The first-order chi connectivity index (χ1) is 7.43. The number of imidazole rings is 1. The maximum atomic E-state index is 4.56. The predicted octanol–water partition coefficient (Wildman–Crippen LogP) is 1.34. The highest BCUT2D eigenvalue weighted by Crippen LogP contribution is 2.21. The van der Waals surface area contributed by atoms with E-state index in [4.69, 9.17) is 0 Å². The van der Waals surface area contributed by atoms with E-state index in [1.165, 1.54) is 5.75 Å². The minimum absolute atomic E-state index is 0.358. The summed E-state index contributed by atoms with van der Waals surface area (Å²) in [5, 5.41) is 3.46. The molecule has 0 aromatic carbocycles. The molecule has 0 spiro atoms.